The molecule has 1 N–H and O–H groups in total. The first-order chi connectivity index (χ1) is 6.26. The lowest BCUT2D eigenvalue weighted by atomic mass is 9.62. The first kappa shape index (κ1) is 9.51. The highest BCUT2D eigenvalue weighted by atomic mass is 16.3. The third-order valence-electron chi connectivity index (χ3n) is 4.40. The second kappa shape index (κ2) is 3.61. The van der Waals surface area contributed by atoms with Crippen molar-refractivity contribution in [2.24, 2.45) is 11.8 Å². The number of aliphatic hydroxyl groups is 1. The predicted molar refractivity (Wildman–Crippen MR) is 54.5 cm³/mol. The Bertz CT molecular complexity index is 176. The molecular weight excluding hydrogens is 160 g/mol. The van der Waals surface area contributed by atoms with Crippen LogP contribution in [0.2, 0.25) is 0 Å². The molecule has 1 heteroatoms. The number of fused-ring (bicyclic) bond motifs is 1. The topological polar surface area (TPSA) is 20.2 Å². The lowest BCUT2D eigenvalue weighted by molar-refractivity contribution is -0.0902. The van der Waals surface area contributed by atoms with Crippen molar-refractivity contribution in [1.82, 2.24) is 0 Å². The molecule has 0 aromatic heterocycles. The number of rotatable bonds is 1. The Hall–Kier alpha value is -0.0400. The summed E-state index contributed by atoms with van der Waals surface area (Å²) in [6.07, 6.45) is 10.1. The summed E-state index contributed by atoms with van der Waals surface area (Å²) in [5, 5.41) is 10.5. The van der Waals surface area contributed by atoms with Crippen LogP contribution in [0.3, 0.4) is 0 Å². The molecule has 2 saturated carbocycles. The normalized spacial score (nSPS) is 45.7. The Morgan fingerprint density at radius 3 is 2.62 bits per heavy atom. The Morgan fingerprint density at radius 1 is 1.15 bits per heavy atom. The van der Waals surface area contributed by atoms with E-state index in [2.05, 4.69) is 6.92 Å². The molecule has 0 saturated heterocycles. The van der Waals surface area contributed by atoms with E-state index in [1.54, 1.807) is 0 Å². The zero-order valence-electron chi connectivity index (χ0n) is 8.76. The van der Waals surface area contributed by atoms with Crippen molar-refractivity contribution < 1.29 is 5.11 Å². The highest BCUT2D eigenvalue weighted by Crippen LogP contribution is 2.47. The van der Waals surface area contributed by atoms with Crippen LogP contribution in [0, 0.1) is 11.8 Å². The van der Waals surface area contributed by atoms with Crippen LogP contribution in [0.25, 0.3) is 0 Å². The molecule has 0 aromatic carbocycles. The van der Waals surface area contributed by atoms with Gasteiger partial charge in [0.05, 0.1) is 5.60 Å². The first-order valence-corrected chi connectivity index (χ1v) is 5.98. The fraction of sp³-hybridized carbons (Fsp3) is 1.00. The van der Waals surface area contributed by atoms with Gasteiger partial charge in [-0.3, -0.25) is 0 Å². The fourth-order valence-corrected chi connectivity index (χ4v) is 3.56. The van der Waals surface area contributed by atoms with Crippen LogP contribution in [-0.4, -0.2) is 10.7 Å². The minimum Gasteiger partial charge on any atom is -0.390 e. The van der Waals surface area contributed by atoms with Gasteiger partial charge >= 0.3 is 0 Å². The van der Waals surface area contributed by atoms with Crippen molar-refractivity contribution in [2.45, 2.75) is 63.9 Å². The van der Waals surface area contributed by atoms with E-state index >= 15 is 0 Å². The van der Waals surface area contributed by atoms with Crippen molar-refractivity contribution in [2.75, 3.05) is 0 Å². The molecule has 0 spiro atoms. The number of hydrogen-bond acceptors (Lipinski definition) is 1. The summed E-state index contributed by atoms with van der Waals surface area (Å²) < 4.78 is 0. The van der Waals surface area contributed by atoms with Crippen LogP contribution in [0.15, 0.2) is 0 Å². The molecular formula is C12H22O. The van der Waals surface area contributed by atoms with E-state index in [4.69, 9.17) is 0 Å². The van der Waals surface area contributed by atoms with Crippen LogP contribution in [0.5, 0.6) is 0 Å². The zero-order valence-corrected chi connectivity index (χ0v) is 8.76. The molecule has 13 heavy (non-hydrogen) atoms. The minimum absolute atomic E-state index is 0.288. The second-order valence-electron chi connectivity index (χ2n) is 5.00. The SMILES string of the molecule is CCC1(O)CCCC2CCCCC21. The molecule has 2 aliphatic rings. The van der Waals surface area contributed by atoms with E-state index in [9.17, 15) is 5.11 Å². The van der Waals surface area contributed by atoms with Gasteiger partial charge in [-0.2, -0.15) is 0 Å². The summed E-state index contributed by atoms with van der Waals surface area (Å²) in [6.45, 7) is 2.15. The predicted octanol–water partition coefficient (Wildman–Crippen LogP) is 3.12. The van der Waals surface area contributed by atoms with Crippen molar-refractivity contribution in [3.63, 3.8) is 0 Å². The molecule has 0 radical (unpaired) electrons. The maximum Gasteiger partial charge on any atom is 0.0675 e. The van der Waals surface area contributed by atoms with Gasteiger partial charge in [-0.25, -0.2) is 0 Å². The van der Waals surface area contributed by atoms with E-state index in [-0.39, 0.29) is 5.60 Å². The molecule has 1 nitrogen and oxygen atoms in total. The molecule has 3 unspecified atom stereocenters. The van der Waals surface area contributed by atoms with E-state index in [1.165, 1.54) is 38.5 Å². The van der Waals surface area contributed by atoms with Gasteiger partial charge in [-0.1, -0.05) is 32.6 Å². The Balaban J connectivity index is 2.11. The molecule has 0 bridgehead atoms. The Labute approximate surface area is 81.5 Å². The van der Waals surface area contributed by atoms with Crippen molar-refractivity contribution in [3.8, 4) is 0 Å². The van der Waals surface area contributed by atoms with Crippen LogP contribution in [0.4, 0.5) is 0 Å². The maximum atomic E-state index is 10.5. The molecule has 0 aliphatic heterocycles. The zero-order chi connectivity index (χ0) is 9.31. The number of hydrogen-bond donors (Lipinski definition) is 1. The Morgan fingerprint density at radius 2 is 1.85 bits per heavy atom. The molecule has 3 atom stereocenters. The third-order valence-corrected chi connectivity index (χ3v) is 4.40. The molecule has 2 fully saturated rings. The van der Waals surface area contributed by atoms with Gasteiger partial charge in [-0.15, -0.1) is 0 Å². The minimum atomic E-state index is -0.288. The highest BCUT2D eigenvalue weighted by Gasteiger charge is 2.43. The molecule has 0 aromatic rings. The fourth-order valence-electron chi connectivity index (χ4n) is 3.56. The molecule has 0 amide bonds. The van der Waals surface area contributed by atoms with E-state index < -0.39 is 0 Å². The monoisotopic (exact) mass is 182 g/mol. The lowest BCUT2D eigenvalue weighted by Gasteiger charge is -2.47. The average Bonchev–Trinajstić information content (AvgIpc) is 2.19. The Kier molecular flexibility index (Phi) is 2.64. The first-order valence-electron chi connectivity index (χ1n) is 5.98. The largest absolute Gasteiger partial charge is 0.390 e. The summed E-state index contributed by atoms with van der Waals surface area (Å²) in [4.78, 5) is 0. The third kappa shape index (κ3) is 1.63. The summed E-state index contributed by atoms with van der Waals surface area (Å²) >= 11 is 0. The second-order valence-corrected chi connectivity index (χ2v) is 5.00. The van der Waals surface area contributed by atoms with Gasteiger partial charge in [0.15, 0.2) is 0 Å². The molecule has 2 aliphatic carbocycles. The summed E-state index contributed by atoms with van der Waals surface area (Å²) in [5.74, 6) is 1.49. The molecule has 0 heterocycles. The van der Waals surface area contributed by atoms with Crippen LogP contribution >= 0.6 is 0 Å². The average molecular weight is 182 g/mol. The summed E-state index contributed by atoms with van der Waals surface area (Å²) in [6, 6.07) is 0. The summed E-state index contributed by atoms with van der Waals surface area (Å²) in [5.41, 5.74) is -0.288. The van der Waals surface area contributed by atoms with E-state index in [0.29, 0.717) is 5.92 Å². The lowest BCUT2D eigenvalue weighted by Crippen LogP contribution is -2.45. The molecule has 76 valence electrons. The van der Waals surface area contributed by atoms with Crippen LogP contribution in [-0.2, 0) is 0 Å². The van der Waals surface area contributed by atoms with Gasteiger partial charge < -0.3 is 5.11 Å². The van der Waals surface area contributed by atoms with Gasteiger partial charge in [0, 0.05) is 0 Å². The van der Waals surface area contributed by atoms with Crippen LogP contribution in [0.1, 0.15) is 58.3 Å². The van der Waals surface area contributed by atoms with Gasteiger partial charge in [0.2, 0.25) is 0 Å². The quantitative estimate of drug-likeness (QED) is 0.660. The van der Waals surface area contributed by atoms with Crippen molar-refractivity contribution in [1.29, 1.82) is 0 Å². The standard InChI is InChI=1S/C12H22O/c1-2-12(13)9-5-7-10-6-3-4-8-11(10)12/h10-11,13H,2-9H2,1H3. The molecule has 2 rings (SSSR count). The van der Waals surface area contributed by atoms with Gasteiger partial charge in [0.25, 0.3) is 0 Å². The van der Waals surface area contributed by atoms with Crippen molar-refractivity contribution >= 4 is 0 Å². The summed E-state index contributed by atoms with van der Waals surface area (Å²) in [7, 11) is 0. The van der Waals surface area contributed by atoms with Crippen LogP contribution < -0.4 is 0 Å². The van der Waals surface area contributed by atoms with Gasteiger partial charge in [0.1, 0.15) is 0 Å². The van der Waals surface area contributed by atoms with E-state index in [0.717, 1.165) is 18.8 Å². The maximum absolute atomic E-state index is 10.5. The van der Waals surface area contributed by atoms with Gasteiger partial charge in [-0.05, 0) is 37.5 Å². The highest BCUT2D eigenvalue weighted by molar-refractivity contribution is 4.94. The smallest absolute Gasteiger partial charge is 0.0675 e. The van der Waals surface area contributed by atoms with Crippen molar-refractivity contribution in [3.05, 3.63) is 0 Å². The van der Waals surface area contributed by atoms with E-state index in [1.807, 2.05) is 0 Å².